The first kappa shape index (κ1) is 19.2. The maximum Gasteiger partial charge on any atom is 0.416 e. The molecule has 0 aliphatic carbocycles. The Bertz CT molecular complexity index is 1010. The molecule has 0 unspecified atom stereocenters. The molecule has 7 nitrogen and oxygen atoms in total. The van der Waals surface area contributed by atoms with Gasteiger partial charge in [0.15, 0.2) is 0 Å². The van der Waals surface area contributed by atoms with E-state index >= 15 is 0 Å². The highest BCUT2D eigenvalue weighted by Crippen LogP contribution is 2.33. The summed E-state index contributed by atoms with van der Waals surface area (Å²) in [6.07, 6.45) is 0.107. The lowest BCUT2D eigenvalue weighted by molar-refractivity contribution is -0.137. The second-order valence-electron chi connectivity index (χ2n) is 6.89. The zero-order valence-electron chi connectivity index (χ0n) is 15.6. The number of fused-ring (bicyclic) bond motifs is 1. The summed E-state index contributed by atoms with van der Waals surface area (Å²) in [5, 5.41) is 6.57. The molecule has 1 aromatic carbocycles. The Morgan fingerprint density at radius 1 is 1.28 bits per heavy atom. The number of nitrogens with one attached hydrogen (secondary N) is 1. The average Bonchev–Trinajstić information content (AvgIpc) is 3.35. The number of hydrogen-bond donors (Lipinski definition) is 1. The molecule has 1 N–H and O–H groups in total. The van der Waals surface area contributed by atoms with Crippen LogP contribution in [0.3, 0.4) is 0 Å². The highest BCUT2D eigenvalue weighted by Gasteiger charge is 2.32. The highest BCUT2D eigenvalue weighted by molar-refractivity contribution is 5.94. The van der Waals surface area contributed by atoms with Crippen molar-refractivity contribution in [2.24, 2.45) is 0 Å². The smallest absolute Gasteiger partial charge is 0.349 e. The molecule has 0 saturated heterocycles. The van der Waals surface area contributed by atoms with Gasteiger partial charge in [0.1, 0.15) is 12.7 Å². The van der Waals surface area contributed by atoms with Gasteiger partial charge in [-0.15, -0.1) is 0 Å². The summed E-state index contributed by atoms with van der Waals surface area (Å²) >= 11 is 0. The van der Waals surface area contributed by atoms with Crippen LogP contribution in [0.4, 0.5) is 18.9 Å². The van der Waals surface area contributed by atoms with E-state index in [0.29, 0.717) is 12.2 Å². The number of amides is 1. The van der Waals surface area contributed by atoms with Crippen LogP contribution in [0.5, 0.6) is 0 Å². The predicted octanol–water partition coefficient (Wildman–Crippen LogP) is 3.10. The van der Waals surface area contributed by atoms with Gasteiger partial charge in [0.05, 0.1) is 23.5 Å². The van der Waals surface area contributed by atoms with Gasteiger partial charge in [-0.1, -0.05) is 0 Å². The lowest BCUT2D eigenvalue weighted by Crippen LogP contribution is -2.41. The molecular formula is C19H19F3N6O. The van der Waals surface area contributed by atoms with Crippen molar-refractivity contribution in [1.82, 2.24) is 24.2 Å². The third-order valence-electron chi connectivity index (χ3n) is 5.08. The van der Waals surface area contributed by atoms with Crippen molar-refractivity contribution < 1.29 is 18.0 Å². The number of nitrogens with zero attached hydrogens (tertiary/aromatic N) is 5. The zero-order valence-corrected chi connectivity index (χ0v) is 15.6. The lowest BCUT2D eigenvalue weighted by atomic mass is 10.1. The number of halogens is 3. The van der Waals surface area contributed by atoms with Crippen LogP contribution in [-0.2, 0) is 17.5 Å². The third kappa shape index (κ3) is 3.88. The van der Waals surface area contributed by atoms with Crippen LogP contribution in [0, 0.1) is 0 Å². The fourth-order valence-electron chi connectivity index (χ4n) is 3.56. The van der Waals surface area contributed by atoms with Crippen molar-refractivity contribution in [3.8, 4) is 5.69 Å². The monoisotopic (exact) mass is 404 g/mol. The summed E-state index contributed by atoms with van der Waals surface area (Å²) in [4.78, 5) is 18.5. The SMILES string of the molecule is C[C@H]1c2cccn2CCN1CC(=O)Nc1cc(C(F)(F)F)ccc1-n1cncn1. The fourth-order valence-corrected chi connectivity index (χ4v) is 3.56. The summed E-state index contributed by atoms with van der Waals surface area (Å²) in [5.41, 5.74) is 0.597. The van der Waals surface area contributed by atoms with Crippen molar-refractivity contribution in [3.05, 3.63) is 60.4 Å². The van der Waals surface area contributed by atoms with Crippen molar-refractivity contribution in [3.63, 3.8) is 0 Å². The van der Waals surface area contributed by atoms with Gasteiger partial charge in [-0.05, 0) is 37.3 Å². The number of carbonyl (C=O) groups is 1. The number of hydrogen-bond acceptors (Lipinski definition) is 4. The first-order valence-electron chi connectivity index (χ1n) is 9.08. The summed E-state index contributed by atoms with van der Waals surface area (Å²) in [7, 11) is 0. The molecule has 0 fully saturated rings. The van der Waals surface area contributed by atoms with E-state index < -0.39 is 17.6 Å². The van der Waals surface area contributed by atoms with Gasteiger partial charge in [-0.25, -0.2) is 9.67 Å². The van der Waals surface area contributed by atoms with E-state index in [2.05, 4.69) is 20.0 Å². The van der Waals surface area contributed by atoms with Gasteiger partial charge < -0.3 is 9.88 Å². The Balaban J connectivity index is 1.56. The van der Waals surface area contributed by atoms with Crippen LogP contribution in [0.25, 0.3) is 5.69 Å². The molecule has 29 heavy (non-hydrogen) atoms. The minimum absolute atomic E-state index is 0.0285. The molecule has 0 saturated carbocycles. The summed E-state index contributed by atoms with van der Waals surface area (Å²) in [6.45, 7) is 3.51. The predicted molar refractivity (Wildman–Crippen MR) is 99.4 cm³/mol. The van der Waals surface area contributed by atoms with Gasteiger partial charge in [0.25, 0.3) is 0 Å². The van der Waals surface area contributed by atoms with Gasteiger partial charge in [-0.2, -0.15) is 18.3 Å². The van der Waals surface area contributed by atoms with Gasteiger partial charge in [0.2, 0.25) is 5.91 Å². The number of rotatable bonds is 4. The minimum Gasteiger partial charge on any atom is -0.349 e. The molecule has 10 heteroatoms. The van der Waals surface area contributed by atoms with E-state index in [0.717, 1.165) is 24.4 Å². The van der Waals surface area contributed by atoms with E-state index in [4.69, 9.17) is 0 Å². The molecule has 2 aromatic heterocycles. The highest BCUT2D eigenvalue weighted by atomic mass is 19.4. The molecular weight excluding hydrogens is 385 g/mol. The van der Waals surface area contributed by atoms with Crippen molar-refractivity contribution in [1.29, 1.82) is 0 Å². The van der Waals surface area contributed by atoms with Crippen LogP contribution in [0.1, 0.15) is 24.2 Å². The van der Waals surface area contributed by atoms with E-state index in [1.165, 1.54) is 23.4 Å². The Hall–Kier alpha value is -3.14. The second kappa shape index (κ2) is 7.36. The third-order valence-corrected chi connectivity index (χ3v) is 5.08. The molecule has 152 valence electrons. The van der Waals surface area contributed by atoms with E-state index in [1.807, 2.05) is 30.2 Å². The summed E-state index contributed by atoms with van der Waals surface area (Å²) < 4.78 is 42.9. The number of alkyl halides is 3. The maximum atomic E-state index is 13.2. The van der Waals surface area contributed by atoms with Crippen LogP contribution in [0.2, 0.25) is 0 Å². The molecule has 3 heterocycles. The normalized spacial score (nSPS) is 17.2. The van der Waals surface area contributed by atoms with Crippen molar-refractivity contribution >= 4 is 11.6 Å². The topological polar surface area (TPSA) is 68.0 Å². The second-order valence-corrected chi connectivity index (χ2v) is 6.89. The number of benzene rings is 1. The standard InChI is InChI=1S/C19H19F3N6O/c1-13-16-3-2-6-26(16)7-8-27(13)10-18(29)25-15-9-14(19(20,21)22)4-5-17(15)28-12-23-11-24-28/h2-6,9,11-13H,7-8,10H2,1H3,(H,25,29)/t13-/m0/s1. The van der Waals surface area contributed by atoms with E-state index in [9.17, 15) is 18.0 Å². The van der Waals surface area contributed by atoms with E-state index in [1.54, 1.807) is 0 Å². The maximum absolute atomic E-state index is 13.2. The Kier molecular flexibility index (Phi) is 4.87. The molecule has 1 atom stereocenters. The van der Waals surface area contributed by atoms with Crippen molar-refractivity contribution in [2.75, 3.05) is 18.4 Å². The Morgan fingerprint density at radius 3 is 2.83 bits per heavy atom. The summed E-state index contributed by atoms with van der Waals surface area (Å²) in [6, 6.07) is 7.13. The Labute approximate surface area is 164 Å². The molecule has 4 rings (SSSR count). The molecule has 0 radical (unpaired) electrons. The van der Waals surface area contributed by atoms with E-state index in [-0.39, 0.29) is 18.3 Å². The van der Waals surface area contributed by atoms with Crippen LogP contribution in [0.15, 0.2) is 49.2 Å². The molecule has 1 aliphatic rings. The average molecular weight is 404 g/mol. The van der Waals surface area contributed by atoms with Crippen LogP contribution < -0.4 is 5.32 Å². The first-order valence-corrected chi connectivity index (χ1v) is 9.08. The number of carbonyl (C=O) groups excluding carboxylic acids is 1. The largest absolute Gasteiger partial charge is 0.416 e. The fraction of sp³-hybridized carbons (Fsp3) is 0.316. The summed E-state index contributed by atoms with van der Waals surface area (Å²) in [5.74, 6) is -0.391. The van der Waals surface area contributed by atoms with Crippen molar-refractivity contribution in [2.45, 2.75) is 25.7 Å². The van der Waals surface area contributed by atoms with Gasteiger partial charge in [0, 0.05) is 31.0 Å². The molecule has 3 aromatic rings. The first-order chi connectivity index (χ1) is 13.8. The molecule has 1 aliphatic heterocycles. The molecule has 1 amide bonds. The number of aromatic nitrogens is 4. The number of anilines is 1. The Morgan fingerprint density at radius 2 is 2.10 bits per heavy atom. The quantitative estimate of drug-likeness (QED) is 0.726. The zero-order chi connectivity index (χ0) is 20.6. The van der Waals surface area contributed by atoms with Crippen LogP contribution >= 0.6 is 0 Å². The minimum atomic E-state index is -4.52. The van der Waals surface area contributed by atoms with Gasteiger partial charge >= 0.3 is 6.18 Å². The molecule has 0 spiro atoms. The van der Waals surface area contributed by atoms with Crippen LogP contribution in [-0.4, -0.2) is 43.2 Å². The lowest BCUT2D eigenvalue weighted by Gasteiger charge is -2.34. The van der Waals surface area contributed by atoms with Gasteiger partial charge in [-0.3, -0.25) is 9.69 Å². The molecule has 0 bridgehead atoms.